The highest BCUT2D eigenvalue weighted by Gasteiger charge is 1.97. The number of hydrogen-bond acceptors (Lipinski definition) is 2. The van der Waals surface area contributed by atoms with Gasteiger partial charge in [-0.25, -0.2) is 0 Å². The third kappa shape index (κ3) is 3.90. The van der Waals surface area contributed by atoms with Gasteiger partial charge in [0.05, 0.1) is 0 Å². The van der Waals surface area contributed by atoms with E-state index in [0.717, 1.165) is 24.5 Å². The van der Waals surface area contributed by atoms with Crippen molar-refractivity contribution in [2.45, 2.75) is 12.2 Å². The van der Waals surface area contributed by atoms with E-state index in [1.54, 1.807) is 0 Å². The first-order valence-electron chi connectivity index (χ1n) is 6.32. The van der Waals surface area contributed by atoms with Gasteiger partial charge in [-0.3, -0.25) is 0 Å². The fourth-order valence-corrected chi connectivity index (χ4v) is 2.74. The van der Waals surface area contributed by atoms with Gasteiger partial charge in [-0.15, -0.1) is 0 Å². The predicted molar refractivity (Wildman–Crippen MR) is 81.7 cm³/mol. The van der Waals surface area contributed by atoms with Gasteiger partial charge >= 0.3 is 0 Å². The quantitative estimate of drug-likeness (QED) is 0.793. The number of thioether (sulfide) groups is 1. The Morgan fingerprint density at radius 3 is 2.17 bits per heavy atom. The Morgan fingerprint density at radius 1 is 0.833 bits per heavy atom. The first-order chi connectivity index (χ1) is 8.90. The number of rotatable bonds is 6. The summed E-state index contributed by atoms with van der Waals surface area (Å²) in [5.74, 6) is 2.23. The van der Waals surface area contributed by atoms with Crippen LogP contribution in [0.4, 0.5) is 0 Å². The van der Waals surface area contributed by atoms with Crippen LogP contribution in [0, 0.1) is 0 Å². The van der Waals surface area contributed by atoms with E-state index in [1.807, 2.05) is 17.8 Å². The van der Waals surface area contributed by atoms with Crippen molar-refractivity contribution in [2.75, 3.05) is 12.3 Å². The molecule has 0 aromatic heterocycles. The molecule has 2 N–H and O–H groups in total. The predicted octanol–water partition coefficient (Wildman–Crippen LogP) is 3.94. The summed E-state index contributed by atoms with van der Waals surface area (Å²) in [7, 11) is 0. The van der Waals surface area contributed by atoms with Crippen molar-refractivity contribution in [3.05, 3.63) is 60.2 Å². The Morgan fingerprint density at radius 2 is 1.50 bits per heavy atom. The lowest BCUT2D eigenvalue weighted by molar-refractivity contribution is 0.943. The molecule has 1 nitrogen and oxygen atoms in total. The minimum absolute atomic E-state index is 0.792. The fraction of sp³-hybridized carbons (Fsp3) is 0.250. The second-order valence-electron chi connectivity index (χ2n) is 4.26. The number of benzene rings is 2. The number of nitrogens with two attached hydrogens (primary N) is 1. The lowest BCUT2D eigenvalue weighted by Gasteiger charge is -2.04. The largest absolute Gasteiger partial charge is 0.330 e. The molecule has 0 aliphatic carbocycles. The maximum atomic E-state index is 5.48. The maximum Gasteiger partial charge on any atom is 0.0184 e. The van der Waals surface area contributed by atoms with Crippen molar-refractivity contribution in [3.8, 4) is 11.1 Å². The molecule has 2 rings (SSSR count). The lowest BCUT2D eigenvalue weighted by atomic mass is 10.0. The molecule has 0 aliphatic heterocycles. The molecule has 0 atom stereocenters. The van der Waals surface area contributed by atoms with Gasteiger partial charge < -0.3 is 5.73 Å². The molecule has 0 saturated carbocycles. The van der Waals surface area contributed by atoms with Crippen LogP contribution in [0.1, 0.15) is 12.0 Å². The van der Waals surface area contributed by atoms with E-state index in [2.05, 4.69) is 48.5 Å². The molecule has 0 spiro atoms. The first-order valence-corrected chi connectivity index (χ1v) is 7.48. The van der Waals surface area contributed by atoms with Crippen LogP contribution in [0.2, 0.25) is 0 Å². The van der Waals surface area contributed by atoms with Crippen LogP contribution >= 0.6 is 11.8 Å². The summed E-state index contributed by atoms with van der Waals surface area (Å²) in [5, 5.41) is 0. The third-order valence-electron chi connectivity index (χ3n) is 2.82. The van der Waals surface area contributed by atoms with Crippen LogP contribution < -0.4 is 5.73 Å². The minimum Gasteiger partial charge on any atom is -0.330 e. The van der Waals surface area contributed by atoms with E-state index in [9.17, 15) is 0 Å². The van der Waals surface area contributed by atoms with Gasteiger partial charge in [0.15, 0.2) is 0 Å². The van der Waals surface area contributed by atoms with Crippen molar-refractivity contribution in [3.63, 3.8) is 0 Å². The summed E-state index contributed by atoms with van der Waals surface area (Å²) in [4.78, 5) is 0. The van der Waals surface area contributed by atoms with E-state index in [-0.39, 0.29) is 0 Å². The maximum absolute atomic E-state index is 5.48. The van der Waals surface area contributed by atoms with Crippen LogP contribution in [-0.2, 0) is 5.75 Å². The van der Waals surface area contributed by atoms with Crippen molar-refractivity contribution in [1.29, 1.82) is 0 Å². The van der Waals surface area contributed by atoms with Crippen LogP contribution in [0.3, 0.4) is 0 Å². The molecule has 0 bridgehead atoms. The van der Waals surface area contributed by atoms with Crippen LogP contribution in [-0.4, -0.2) is 12.3 Å². The van der Waals surface area contributed by atoms with Crippen LogP contribution in [0.25, 0.3) is 11.1 Å². The smallest absolute Gasteiger partial charge is 0.0184 e. The normalized spacial score (nSPS) is 10.5. The van der Waals surface area contributed by atoms with Gasteiger partial charge in [0.25, 0.3) is 0 Å². The van der Waals surface area contributed by atoms with Crippen LogP contribution in [0.15, 0.2) is 54.6 Å². The molecule has 2 aromatic rings. The van der Waals surface area contributed by atoms with Gasteiger partial charge in [-0.05, 0) is 35.4 Å². The molecule has 0 fully saturated rings. The Balaban J connectivity index is 1.94. The molecule has 0 heterocycles. The third-order valence-corrected chi connectivity index (χ3v) is 3.94. The fourth-order valence-electron chi connectivity index (χ4n) is 1.80. The van der Waals surface area contributed by atoms with Crippen molar-refractivity contribution < 1.29 is 0 Å². The standard InChI is InChI=1S/C16H19NS/c17-11-4-12-18-13-14-7-9-16(10-8-14)15-5-2-1-3-6-15/h1-3,5-10H,4,11-13,17H2. The SMILES string of the molecule is NCCCSCc1ccc(-c2ccccc2)cc1. The summed E-state index contributed by atoms with van der Waals surface area (Å²) in [5.41, 5.74) is 9.43. The highest BCUT2D eigenvalue weighted by molar-refractivity contribution is 7.98. The summed E-state index contributed by atoms with van der Waals surface area (Å²) in [6.45, 7) is 0.792. The second-order valence-corrected chi connectivity index (χ2v) is 5.36. The van der Waals surface area contributed by atoms with E-state index < -0.39 is 0 Å². The highest BCUT2D eigenvalue weighted by Crippen LogP contribution is 2.21. The van der Waals surface area contributed by atoms with E-state index in [0.29, 0.717) is 0 Å². The van der Waals surface area contributed by atoms with Crippen LogP contribution in [0.5, 0.6) is 0 Å². The molecule has 2 aromatic carbocycles. The molecular formula is C16H19NS. The van der Waals surface area contributed by atoms with Gasteiger partial charge in [-0.2, -0.15) is 11.8 Å². The molecule has 0 radical (unpaired) electrons. The first kappa shape index (κ1) is 13.2. The topological polar surface area (TPSA) is 26.0 Å². The molecule has 0 unspecified atom stereocenters. The zero-order valence-corrected chi connectivity index (χ0v) is 11.3. The number of hydrogen-bond donors (Lipinski definition) is 1. The Bertz CT molecular complexity index is 450. The molecule has 0 aliphatic rings. The summed E-state index contributed by atoms with van der Waals surface area (Å²) in [6.07, 6.45) is 1.10. The van der Waals surface area contributed by atoms with Crippen molar-refractivity contribution in [2.24, 2.45) is 5.73 Å². The summed E-state index contributed by atoms with van der Waals surface area (Å²) >= 11 is 1.95. The van der Waals surface area contributed by atoms with E-state index >= 15 is 0 Å². The zero-order valence-electron chi connectivity index (χ0n) is 10.5. The summed E-state index contributed by atoms with van der Waals surface area (Å²) < 4.78 is 0. The van der Waals surface area contributed by atoms with E-state index in [4.69, 9.17) is 5.73 Å². The molecule has 0 amide bonds. The average Bonchev–Trinajstić information content (AvgIpc) is 2.45. The zero-order chi connectivity index (χ0) is 12.6. The van der Waals surface area contributed by atoms with Crippen molar-refractivity contribution in [1.82, 2.24) is 0 Å². The lowest BCUT2D eigenvalue weighted by Crippen LogP contribution is -1.99. The van der Waals surface area contributed by atoms with Gasteiger partial charge in [0.2, 0.25) is 0 Å². The minimum atomic E-state index is 0.792. The molecule has 94 valence electrons. The van der Waals surface area contributed by atoms with Gasteiger partial charge in [0, 0.05) is 5.75 Å². The summed E-state index contributed by atoms with van der Waals surface area (Å²) in [6, 6.07) is 19.3. The molecular weight excluding hydrogens is 238 g/mol. The molecule has 0 saturated heterocycles. The van der Waals surface area contributed by atoms with Crippen molar-refractivity contribution >= 4 is 11.8 Å². The van der Waals surface area contributed by atoms with Gasteiger partial charge in [0.1, 0.15) is 0 Å². The average molecular weight is 257 g/mol. The highest BCUT2D eigenvalue weighted by atomic mass is 32.2. The Hall–Kier alpha value is -1.25. The van der Waals surface area contributed by atoms with E-state index in [1.165, 1.54) is 16.7 Å². The van der Waals surface area contributed by atoms with Gasteiger partial charge in [-0.1, -0.05) is 54.6 Å². The Labute approximate surface area is 113 Å². The molecule has 18 heavy (non-hydrogen) atoms. The second kappa shape index (κ2) is 7.24. The Kier molecular flexibility index (Phi) is 5.31. The molecule has 2 heteroatoms. The monoisotopic (exact) mass is 257 g/mol.